The Labute approximate surface area is 88.5 Å². The normalized spacial score (nSPS) is 11.0. The molecule has 2 rings (SSSR count). The van der Waals surface area contributed by atoms with E-state index in [9.17, 15) is 0 Å². The number of rotatable bonds is 5. The Morgan fingerprint density at radius 3 is 3.00 bits per heavy atom. The average molecular weight is 206 g/mol. The summed E-state index contributed by atoms with van der Waals surface area (Å²) in [6, 6.07) is 8.11. The molecule has 0 unspecified atom stereocenters. The maximum Gasteiger partial charge on any atom is 0.134 e. The first-order valence-corrected chi connectivity index (χ1v) is 5.10. The van der Waals surface area contributed by atoms with Crippen molar-refractivity contribution in [3.8, 4) is 0 Å². The van der Waals surface area contributed by atoms with Gasteiger partial charge >= 0.3 is 0 Å². The van der Waals surface area contributed by atoms with Crippen LogP contribution in [0.3, 0.4) is 0 Å². The minimum absolute atomic E-state index is 0.569. The Balaban J connectivity index is 1.96. The fourth-order valence-corrected chi connectivity index (χ4v) is 1.46. The molecule has 0 aliphatic heterocycles. The van der Waals surface area contributed by atoms with Gasteiger partial charge in [0.1, 0.15) is 5.58 Å². The highest BCUT2D eigenvalue weighted by molar-refractivity contribution is 5.77. The van der Waals surface area contributed by atoms with Crippen LogP contribution in [0.4, 0.5) is 0 Å². The monoisotopic (exact) mass is 206 g/mol. The highest BCUT2D eigenvalue weighted by atomic mass is 17.2. The quantitative estimate of drug-likeness (QED) is 0.428. The van der Waals surface area contributed by atoms with Gasteiger partial charge in [-0.15, -0.1) is 0 Å². The molecule has 0 radical (unpaired) electrons. The van der Waals surface area contributed by atoms with Gasteiger partial charge in [-0.1, -0.05) is 12.1 Å². The Morgan fingerprint density at radius 1 is 1.20 bits per heavy atom. The molecule has 2 aromatic rings. The van der Waals surface area contributed by atoms with E-state index in [0.29, 0.717) is 13.2 Å². The van der Waals surface area contributed by atoms with Crippen LogP contribution in [0.15, 0.2) is 34.9 Å². The lowest BCUT2D eigenvalue weighted by molar-refractivity contribution is -0.290. The third-order valence-corrected chi connectivity index (χ3v) is 2.20. The molecule has 0 N–H and O–H groups in total. The Hall–Kier alpha value is -1.32. The average Bonchev–Trinajstić information content (AvgIpc) is 2.71. The largest absolute Gasteiger partial charge is 0.464 e. The first kappa shape index (κ1) is 10.2. The van der Waals surface area contributed by atoms with Gasteiger partial charge in [-0.05, 0) is 31.0 Å². The maximum atomic E-state index is 5.31. The molecule has 0 saturated carbocycles. The van der Waals surface area contributed by atoms with Crippen molar-refractivity contribution >= 4 is 11.0 Å². The molecule has 15 heavy (non-hydrogen) atoms. The molecule has 0 aliphatic carbocycles. The van der Waals surface area contributed by atoms with Crippen LogP contribution in [0.2, 0.25) is 0 Å². The fraction of sp³-hybridized carbons (Fsp3) is 0.333. The predicted molar refractivity (Wildman–Crippen MR) is 57.5 cm³/mol. The van der Waals surface area contributed by atoms with E-state index in [-0.39, 0.29) is 0 Å². The number of fused-ring (bicyclic) bond motifs is 1. The summed E-state index contributed by atoms with van der Waals surface area (Å²) in [7, 11) is 0. The summed E-state index contributed by atoms with van der Waals surface area (Å²) in [5, 5.41) is 1.13. The summed E-state index contributed by atoms with van der Waals surface area (Å²) >= 11 is 0. The van der Waals surface area contributed by atoms with E-state index < -0.39 is 0 Å². The van der Waals surface area contributed by atoms with Crippen LogP contribution in [0.25, 0.3) is 11.0 Å². The molecule has 0 aliphatic rings. The van der Waals surface area contributed by atoms with E-state index in [2.05, 4.69) is 12.1 Å². The van der Waals surface area contributed by atoms with Gasteiger partial charge in [0.25, 0.3) is 0 Å². The number of hydrogen-bond donors (Lipinski definition) is 0. The van der Waals surface area contributed by atoms with Gasteiger partial charge in [0.15, 0.2) is 0 Å². The highest BCUT2D eigenvalue weighted by Crippen LogP contribution is 2.17. The van der Waals surface area contributed by atoms with Gasteiger partial charge in [0, 0.05) is 5.39 Å². The van der Waals surface area contributed by atoms with E-state index in [1.807, 2.05) is 19.1 Å². The first-order chi connectivity index (χ1) is 7.40. The molecule has 3 nitrogen and oxygen atoms in total. The van der Waals surface area contributed by atoms with Crippen molar-refractivity contribution in [3.05, 3.63) is 36.1 Å². The van der Waals surface area contributed by atoms with E-state index in [0.717, 1.165) is 17.4 Å². The molecular formula is C12H14O3. The van der Waals surface area contributed by atoms with Gasteiger partial charge in [-0.3, -0.25) is 0 Å². The molecule has 1 aromatic heterocycles. The van der Waals surface area contributed by atoms with Crippen LogP contribution in [0, 0.1) is 0 Å². The highest BCUT2D eigenvalue weighted by Gasteiger charge is 1.99. The van der Waals surface area contributed by atoms with Crippen molar-refractivity contribution in [2.24, 2.45) is 0 Å². The molecule has 0 amide bonds. The molecule has 80 valence electrons. The molecule has 1 heterocycles. The Kier molecular flexibility index (Phi) is 3.37. The van der Waals surface area contributed by atoms with Gasteiger partial charge in [-0.25, -0.2) is 9.78 Å². The van der Waals surface area contributed by atoms with Gasteiger partial charge in [-0.2, -0.15) is 0 Å². The van der Waals surface area contributed by atoms with E-state index in [1.54, 1.807) is 6.26 Å². The zero-order valence-electron chi connectivity index (χ0n) is 8.73. The van der Waals surface area contributed by atoms with E-state index >= 15 is 0 Å². The predicted octanol–water partition coefficient (Wildman–Crippen LogP) is 2.94. The van der Waals surface area contributed by atoms with Gasteiger partial charge in [0.2, 0.25) is 0 Å². The Bertz CT molecular complexity index is 419. The second-order valence-electron chi connectivity index (χ2n) is 3.27. The van der Waals surface area contributed by atoms with Crippen molar-refractivity contribution in [1.82, 2.24) is 0 Å². The summed E-state index contributed by atoms with van der Waals surface area (Å²) in [6.07, 6.45) is 2.53. The number of hydrogen-bond acceptors (Lipinski definition) is 3. The second kappa shape index (κ2) is 4.96. The molecule has 1 aromatic carbocycles. The van der Waals surface area contributed by atoms with Crippen LogP contribution >= 0.6 is 0 Å². The molecule has 3 heteroatoms. The third-order valence-electron chi connectivity index (χ3n) is 2.20. The molecule has 0 spiro atoms. The number of benzene rings is 1. The van der Waals surface area contributed by atoms with Crippen molar-refractivity contribution in [1.29, 1.82) is 0 Å². The van der Waals surface area contributed by atoms with E-state index in [1.165, 1.54) is 5.56 Å². The van der Waals surface area contributed by atoms with Crippen LogP contribution in [-0.4, -0.2) is 13.2 Å². The summed E-state index contributed by atoms with van der Waals surface area (Å²) < 4.78 is 5.31. The van der Waals surface area contributed by atoms with Crippen LogP contribution in [-0.2, 0) is 16.2 Å². The minimum Gasteiger partial charge on any atom is -0.464 e. The summed E-state index contributed by atoms with van der Waals surface area (Å²) in [6.45, 7) is 3.05. The standard InChI is InChI=1S/C12H14O3/c1-2-14-15-8-5-10-3-4-11-6-7-13-12(11)9-10/h3-4,6-7,9H,2,5,8H2,1H3. The van der Waals surface area contributed by atoms with Crippen molar-refractivity contribution < 1.29 is 14.2 Å². The summed E-state index contributed by atoms with van der Waals surface area (Å²) in [4.78, 5) is 9.75. The smallest absolute Gasteiger partial charge is 0.134 e. The molecule has 0 bridgehead atoms. The molecule has 0 saturated heterocycles. The third kappa shape index (κ3) is 2.58. The molecule has 0 fully saturated rings. The lowest BCUT2D eigenvalue weighted by atomic mass is 10.1. The lowest BCUT2D eigenvalue weighted by Crippen LogP contribution is -1.99. The van der Waals surface area contributed by atoms with Crippen LogP contribution in [0.1, 0.15) is 12.5 Å². The van der Waals surface area contributed by atoms with E-state index in [4.69, 9.17) is 14.2 Å². The maximum absolute atomic E-state index is 5.31. The van der Waals surface area contributed by atoms with Crippen LogP contribution in [0.5, 0.6) is 0 Å². The summed E-state index contributed by atoms with van der Waals surface area (Å²) in [5.41, 5.74) is 2.11. The Morgan fingerprint density at radius 2 is 2.13 bits per heavy atom. The van der Waals surface area contributed by atoms with Crippen molar-refractivity contribution in [2.45, 2.75) is 13.3 Å². The topological polar surface area (TPSA) is 31.6 Å². The second-order valence-corrected chi connectivity index (χ2v) is 3.27. The zero-order chi connectivity index (χ0) is 10.5. The van der Waals surface area contributed by atoms with Gasteiger partial charge in [0.05, 0.1) is 19.5 Å². The SMILES string of the molecule is CCOOCCc1ccc2ccoc2c1. The number of furan rings is 1. The molecular weight excluding hydrogens is 192 g/mol. The summed E-state index contributed by atoms with van der Waals surface area (Å²) in [5.74, 6) is 0. The minimum atomic E-state index is 0.569. The zero-order valence-corrected chi connectivity index (χ0v) is 8.73. The first-order valence-electron chi connectivity index (χ1n) is 5.10. The van der Waals surface area contributed by atoms with Crippen molar-refractivity contribution in [2.75, 3.05) is 13.2 Å². The lowest BCUT2D eigenvalue weighted by Gasteiger charge is -2.02. The fourth-order valence-electron chi connectivity index (χ4n) is 1.46. The molecule has 0 atom stereocenters. The van der Waals surface area contributed by atoms with Crippen LogP contribution < -0.4 is 0 Å². The van der Waals surface area contributed by atoms with Crippen molar-refractivity contribution in [3.63, 3.8) is 0 Å². The van der Waals surface area contributed by atoms with Gasteiger partial charge < -0.3 is 4.42 Å².